The molecule has 1 saturated heterocycles. The number of para-hydroxylation sites is 2. The van der Waals surface area contributed by atoms with Crippen molar-refractivity contribution in [2.24, 2.45) is 0 Å². The summed E-state index contributed by atoms with van der Waals surface area (Å²) in [7, 11) is 0. The van der Waals surface area contributed by atoms with Crippen LogP contribution < -0.4 is 10.6 Å². The molecule has 1 aliphatic rings. The van der Waals surface area contributed by atoms with Crippen molar-refractivity contribution in [1.82, 2.24) is 10.3 Å². The normalized spacial score (nSPS) is 16.5. The average Bonchev–Trinajstić information content (AvgIpc) is 3.28. The molecule has 2 heterocycles. The molecule has 1 amide bonds. The maximum Gasteiger partial charge on any atom is 0.241 e. The summed E-state index contributed by atoms with van der Waals surface area (Å²) in [5.41, 5.74) is 5.09. The van der Waals surface area contributed by atoms with Crippen LogP contribution in [0, 0.1) is 0 Å². The van der Waals surface area contributed by atoms with Gasteiger partial charge >= 0.3 is 0 Å². The number of pyridine rings is 1. The van der Waals surface area contributed by atoms with Crippen molar-refractivity contribution < 1.29 is 4.79 Å². The number of fused-ring (bicyclic) bond motifs is 2. The van der Waals surface area contributed by atoms with Gasteiger partial charge in [-0.2, -0.15) is 0 Å². The van der Waals surface area contributed by atoms with Crippen molar-refractivity contribution in [3.8, 4) is 11.1 Å². The molecule has 4 nitrogen and oxygen atoms in total. The largest absolute Gasteiger partial charge is 0.325 e. The number of anilines is 1. The highest BCUT2D eigenvalue weighted by Crippen LogP contribution is 2.35. The number of hydrogen-bond acceptors (Lipinski definition) is 3. The summed E-state index contributed by atoms with van der Waals surface area (Å²) in [5, 5.41) is 8.52. The number of rotatable bonds is 3. The Hall–Kier alpha value is -3.24. The second kappa shape index (κ2) is 7.06. The fourth-order valence-electron chi connectivity index (χ4n) is 4.01. The number of nitrogens with one attached hydrogen (secondary N) is 2. The van der Waals surface area contributed by atoms with Gasteiger partial charge in [-0.3, -0.25) is 4.79 Å². The average molecular weight is 367 g/mol. The van der Waals surface area contributed by atoms with Crippen molar-refractivity contribution >= 4 is 33.4 Å². The molecule has 0 bridgehead atoms. The molecule has 0 saturated carbocycles. The topological polar surface area (TPSA) is 54.0 Å². The van der Waals surface area contributed by atoms with E-state index in [2.05, 4.69) is 47.0 Å². The number of amides is 1. The van der Waals surface area contributed by atoms with E-state index < -0.39 is 0 Å². The van der Waals surface area contributed by atoms with Gasteiger partial charge in [-0.25, -0.2) is 4.98 Å². The number of hydrogen-bond donors (Lipinski definition) is 2. The molecule has 2 N–H and O–H groups in total. The summed E-state index contributed by atoms with van der Waals surface area (Å²) in [4.78, 5) is 17.1. The third-order valence-electron chi connectivity index (χ3n) is 5.41. The highest BCUT2D eigenvalue weighted by atomic mass is 16.2. The van der Waals surface area contributed by atoms with Crippen molar-refractivity contribution in [3.63, 3.8) is 0 Å². The molecule has 4 heteroatoms. The molecule has 1 fully saturated rings. The quantitative estimate of drug-likeness (QED) is 0.514. The van der Waals surface area contributed by atoms with Crippen molar-refractivity contribution in [2.45, 2.75) is 18.9 Å². The Kier molecular flexibility index (Phi) is 4.26. The van der Waals surface area contributed by atoms with E-state index in [1.165, 1.54) is 5.56 Å². The van der Waals surface area contributed by atoms with Gasteiger partial charge < -0.3 is 10.6 Å². The van der Waals surface area contributed by atoms with Crippen LogP contribution in [0.1, 0.15) is 12.8 Å². The summed E-state index contributed by atoms with van der Waals surface area (Å²) >= 11 is 0. The molecule has 0 spiro atoms. The lowest BCUT2D eigenvalue weighted by Gasteiger charge is -2.13. The van der Waals surface area contributed by atoms with Gasteiger partial charge in [0.1, 0.15) is 0 Å². The van der Waals surface area contributed by atoms with Crippen LogP contribution in [0.4, 0.5) is 5.69 Å². The third-order valence-corrected chi connectivity index (χ3v) is 5.41. The first kappa shape index (κ1) is 16.9. The minimum absolute atomic E-state index is 0.0464. The van der Waals surface area contributed by atoms with Gasteiger partial charge in [0.15, 0.2) is 0 Å². The Morgan fingerprint density at radius 3 is 2.14 bits per heavy atom. The fraction of sp³-hybridized carbons (Fsp3) is 0.167. The van der Waals surface area contributed by atoms with Gasteiger partial charge in [0.25, 0.3) is 0 Å². The number of aromatic nitrogens is 1. The van der Waals surface area contributed by atoms with Gasteiger partial charge in [-0.15, -0.1) is 0 Å². The van der Waals surface area contributed by atoms with Crippen LogP contribution in [0.2, 0.25) is 0 Å². The second-order valence-electron chi connectivity index (χ2n) is 7.24. The van der Waals surface area contributed by atoms with Crippen LogP contribution in [-0.4, -0.2) is 23.5 Å². The maximum atomic E-state index is 12.3. The molecule has 3 aromatic carbocycles. The Bertz CT molecular complexity index is 1110. The zero-order chi connectivity index (χ0) is 18.9. The van der Waals surface area contributed by atoms with E-state index in [4.69, 9.17) is 4.98 Å². The molecular formula is C24H21N3O. The summed E-state index contributed by atoms with van der Waals surface area (Å²) in [6.45, 7) is 0.916. The van der Waals surface area contributed by atoms with Gasteiger partial charge in [-0.1, -0.05) is 48.5 Å². The first-order valence-electron chi connectivity index (χ1n) is 9.72. The molecule has 5 rings (SSSR count). The van der Waals surface area contributed by atoms with E-state index in [0.717, 1.165) is 52.4 Å². The number of benzene rings is 3. The van der Waals surface area contributed by atoms with Crippen LogP contribution in [0.25, 0.3) is 32.9 Å². The molecule has 1 aliphatic heterocycles. The van der Waals surface area contributed by atoms with Gasteiger partial charge in [-0.05, 0) is 49.2 Å². The van der Waals surface area contributed by atoms with E-state index in [-0.39, 0.29) is 11.9 Å². The summed E-state index contributed by atoms with van der Waals surface area (Å²) in [6, 6.07) is 24.5. The standard InChI is InChI=1S/C24H21N3O/c28-24(22-10-5-15-25-22)26-17-13-11-16(12-14-17)23-18-6-1-3-8-20(18)27-21-9-4-2-7-19(21)23/h1-4,6-9,11-14,22,25H,5,10,15H2,(H,26,28)/t22-/m0/s1. The van der Waals surface area contributed by atoms with Crippen molar-refractivity contribution in [2.75, 3.05) is 11.9 Å². The molecular weight excluding hydrogens is 346 g/mol. The summed E-state index contributed by atoms with van der Waals surface area (Å²) < 4.78 is 0. The maximum absolute atomic E-state index is 12.3. The Morgan fingerprint density at radius 2 is 1.54 bits per heavy atom. The minimum atomic E-state index is -0.0761. The van der Waals surface area contributed by atoms with E-state index in [1.807, 2.05) is 36.4 Å². The highest BCUT2D eigenvalue weighted by Gasteiger charge is 2.21. The van der Waals surface area contributed by atoms with Crippen molar-refractivity contribution in [1.29, 1.82) is 0 Å². The lowest BCUT2D eigenvalue weighted by Crippen LogP contribution is -2.35. The first-order chi connectivity index (χ1) is 13.8. The van der Waals surface area contributed by atoms with E-state index in [0.29, 0.717) is 0 Å². The molecule has 138 valence electrons. The Balaban J connectivity index is 1.55. The fourth-order valence-corrected chi connectivity index (χ4v) is 4.01. The van der Waals surface area contributed by atoms with Crippen LogP contribution in [0.3, 0.4) is 0 Å². The zero-order valence-corrected chi connectivity index (χ0v) is 15.5. The Morgan fingerprint density at radius 1 is 0.893 bits per heavy atom. The van der Waals surface area contributed by atoms with Crippen LogP contribution in [0.15, 0.2) is 72.8 Å². The second-order valence-corrected chi connectivity index (χ2v) is 7.24. The molecule has 1 aromatic heterocycles. The minimum Gasteiger partial charge on any atom is -0.325 e. The summed E-state index contributed by atoms with van der Waals surface area (Å²) in [6.07, 6.45) is 1.96. The SMILES string of the molecule is O=C(Nc1ccc(-c2c3ccccc3nc3ccccc23)cc1)[C@@H]1CCCN1. The monoisotopic (exact) mass is 367 g/mol. The number of nitrogens with zero attached hydrogens (tertiary/aromatic N) is 1. The van der Waals surface area contributed by atoms with E-state index in [9.17, 15) is 4.79 Å². The first-order valence-corrected chi connectivity index (χ1v) is 9.72. The Labute approximate surface area is 163 Å². The molecule has 0 radical (unpaired) electrons. The molecule has 1 atom stereocenters. The predicted molar refractivity (Wildman–Crippen MR) is 114 cm³/mol. The van der Waals surface area contributed by atoms with Crippen LogP contribution >= 0.6 is 0 Å². The van der Waals surface area contributed by atoms with Gasteiger partial charge in [0, 0.05) is 22.0 Å². The van der Waals surface area contributed by atoms with E-state index >= 15 is 0 Å². The van der Waals surface area contributed by atoms with Gasteiger partial charge in [0.2, 0.25) is 5.91 Å². The lowest BCUT2D eigenvalue weighted by molar-refractivity contribution is -0.117. The molecule has 0 unspecified atom stereocenters. The smallest absolute Gasteiger partial charge is 0.241 e. The highest BCUT2D eigenvalue weighted by molar-refractivity contribution is 6.09. The van der Waals surface area contributed by atoms with Gasteiger partial charge in [0.05, 0.1) is 17.1 Å². The third kappa shape index (κ3) is 3.02. The van der Waals surface area contributed by atoms with Crippen LogP contribution in [-0.2, 0) is 4.79 Å². The molecule has 28 heavy (non-hydrogen) atoms. The van der Waals surface area contributed by atoms with Crippen molar-refractivity contribution in [3.05, 3.63) is 72.8 Å². The molecule has 4 aromatic rings. The predicted octanol–water partition coefficient (Wildman–Crippen LogP) is 4.75. The zero-order valence-electron chi connectivity index (χ0n) is 15.5. The number of carbonyl (C=O) groups is 1. The van der Waals surface area contributed by atoms with E-state index in [1.54, 1.807) is 0 Å². The number of carbonyl (C=O) groups excluding carboxylic acids is 1. The van der Waals surface area contributed by atoms with Crippen LogP contribution in [0.5, 0.6) is 0 Å². The molecule has 0 aliphatic carbocycles. The summed E-state index contributed by atoms with van der Waals surface area (Å²) in [5.74, 6) is 0.0464. The lowest BCUT2D eigenvalue weighted by atomic mass is 9.96.